The van der Waals surface area contributed by atoms with Crippen molar-refractivity contribution in [2.75, 3.05) is 7.11 Å². The van der Waals surface area contributed by atoms with Crippen molar-refractivity contribution in [2.45, 2.75) is 32.7 Å². The first-order valence-corrected chi connectivity index (χ1v) is 10.4. The highest BCUT2D eigenvalue weighted by atomic mass is 31.2. The summed E-state index contributed by atoms with van der Waals surface area (Å²) in [4.78, 5) is 12.3. The molecular weight excluding hydrogens is 365 g/mol. The number of hydrogen-bond acceptors (Lipinski definition) is 5. The van der Waals surface area contributed by atoms with Gasteiger partial charge in [-0.2, -0.15) is 0 Å². The molecule has 146 valence electrons. The van der Waals surface area contributed by atoms with E-state index >= 15 is 0 Å². The monoisotopic (exact) mass is 391 g/mol. The Morgan fingerprint density at radius 3 is 2.19 bits per heavy atom. The van der Waals surface area contributed by atoms with Crippen molar-refractivity contribution < 1.29 is 23.1 Å². The van der Waals surface area contributed by atoms with E-state index in [2.05, 4.69) is 5.32 Å². The third kappa shape index (κ3) is 6.74. The van der Waals surface area contributed by atoms with Gasteiger partial charge in [-0.3, -0.25) is 0 Å². The van der Waals surface area contributed by atoms with Crippen LogP contribution in [0.3, 0.4) is 0 Å². The van der Waals surface area contributed by atoms with E-state index in [0.29, 0.717) is 12.2 Å². The summed E-state index contributed by atoms with van der Waals surface area (Å²) < 4.78 is 29.4. The summed E-state index contributed by atoms with van der Waals surface area (Å²) in [7, 11) is -2.33. The number of nitrogens with one attached hydrogen (secondary N) is 1. The number of benzene rings is 2. The SMILES string of the molecule is COP(=O)(Oc1ccccc1)C(CC(C)C)NC(=O)OCc1ccccc1. The summed E-state index contributed by atoms with van der Waals surface area (Å²) in [5, 5.41) is 2.66. The number of carbonyl (C=O) groups is 1. The minimum atomic E-state index is -3.65. The van der Waals surface area contributed by atoms with Gasteiger partial charge in [-0.1, -0.05) is 62.4 Å². The molecule has 0 heterocycles. The minimum Gasteiger partial charge on any atom is -0.445 e. The van der Waals surface area contributed by atoms with Gasteiger partial charge in [0.2, 0.25) is 0 Å². The molecule has 2 rings (SSSR count). The zero-order chi connectivity index (χ0) is 19.7. The van der Waals surface area contributed by atoms with E-state index in [1.165, 1.54) is 7.11 Å². The molecule has 0 saturated carbocycles. The lowest BCUT2D eigenvalue weighted by atomic mass is 10.1. The first-order chi connectivity index (χ1) is 12.9. The average Bonchev–Trinajstić information content (AvgIpc) is 2.67. The fourth-order valence-electron chi connectivity index (χ4n) is 2.47. The zero-order valence-electron chi connectivity index (χ0n) is 15.8. The van der Waals surface area contributed by atoms with Crippen LogP contribution in [0.4, 0.5) is 4.79 Å². The Bertz CT molecular complexity index is 751. The van der Waals surface area contributed by atoms with Crippen LogP contribution in [-0.2, 0) is 20.4 Å². The Balaban J connectivity index is 2.07. The van der Waals surface area contributed by atoms with Crippen LogP contribution in [0.15, 0.2) is 60.7 Å². The Morgan fingerprint density at radius 1 is 1.04 bits per heavy atom. The predicted molar refractivity (Wildman–Crippen MR) is 105 cm³/mol. The summed E-state index contributed by atoms with van der Waals surface area (Å²) in [6, 6.07) is 18.1. The second kappa shape index (κ2) is 10.1. The molecule has 1 N–H and O–H groups in total. The molecule has 0 aliphatic carbocycles. The molecule has 0 aliphatic rings. The van der Waals surface area contributed by atoms with E-state index in [1.807, 2.05) is 50.2 Å². The second-order valence-corrected chi connectivity index (χ2v) is 8.73. The van der Waals surface area contributed by atoms with Gasteiger partial charge in [-0.15, -0.1) is 0 Å². The standard InChI is InChI=1S/C20H26NO5P/c1-16(2)14-19(21-20(22)25-15-17-10-6-4-7-11-17)27(23,24-3)26-18-12-8-5-9-13-18/h4-13,16,19H,14-15H2,1-3H3,(H,21,22). The maximum atomic E-state index is 13.3. The summed E-state index contributed by atoms with van der Waals surface area (Å²) in [5.74, 6) is -0.255. The van der Waals surface area contributed by atoms with E-state index < -0.39 is 19.5 Å². The lowest BCUT2D eigenvalue weighted by Gasteiger charge is -2.27. The van der Waals surface area contributed by atoms with Crippen molar-refractivity contribution in [3.8, 4) is 5.75 Å². The van der Waals surface area contributed by atoms with Gasteiger partial charge in [0, 0.05) is 7.11 Å². The van der Waals surface area contributed by atoms with E-state index in [1.54, 1.807) is 24.3 Å². The molecule has 7 heteroatoms. The molecule has 27 heavy (non-hydrogen) atoms. The van der Waals surface area contributed by atoms with E-state index in [9.17, 15) is 9.36 Å². The van der Waals surface area contributed by atoms with Gasteiger partial charge in [0.1, 0.15) is 18.1 Å². The van der Waals surface area contributed by atoms with Gasteiger partial charge in [0.25, 0.3) is 0 Å². The van der Waals surface area contributed by atoms with Gasteiger partial charge in [-0.05, 0) is 30.0 Å². The van der Waals surface area contributed by atoms with Crippen molar-refractivity contribution >= 4 is 13.7 Å². The molecule has 2 aromatic carbocycles. The molecule has 0 fully saturated rings. The first kappa shape index (κ1) is 21.0. The number of para-hydroxylation sites is 1. The average molecular weight is 391 g/mol. The Labute approximate surface area is 160 Å². The highest BCUT2D eigenvalue weighted by Crippen LogP contribution is 2.53. The Morgan fingerprint density at radius 2 is 1.63 bits per heavy atom. The number of alkyl carbamates (subject to hydrolysis) is 1. The number of ether oxygens (including phenoxy) is 1. The van der Waals surface area contributed by atoms with Crippen molar-refractivity contribution in [2.24, 2.45) is 5.92 Å². The van der Waals surface area contributed by atoms with E-state index in [0.717, 1.165) is 5.56 Å². The maximum Gasteiger partial charge on any atom is 0.408 e. The summed E-state index contributed by atoms with van der Waals surface area (Å²) >= 11 is 0. The first-order valence-electron chi connectivity index (χ1n) is 8.80. The van der Waals surface area contributed by atoms with Crippen LogP contribution >= 0.6 is 7.60 Å². The molecule has 0 bridgehead atoms. The number of amides is 1. The number of carbonyl (C=O) groups excluding carboxylic acids is 1. The molecular formula is C20H26NO5P. The van der Waals surface area contributed by atoms with Gasteiger partial charge >= 0.3 is 13.7 Å². The van der Waals surface area contributed by atoms with Crippen LogP contribution < -0.4 is 9.84 Å². The van der Waals surface area contributed by atoms with Gasteiger partial charge < -0.3 is 19.1 Å². The largest absolute Gasteiger partial charge is 0.445 e. The normalized spacial score (nSPS) is 14.2. The van der Waals surface area contributed by atoms with Crippen molar-refractivity contribution in [3.63, 3.8) is 0 Å². The molecule has 1 amide bonds. The van der Waals surface area contributed by atoms with Crippen molar-refractivity contribution in [3.05, 3.63) is 66.2 Å². The van der Waals surface area contributed by atoms with Crippen LogP contribution in [-0.4, -0.2) is 19.0 Å². The Hall–Kier alpha value is -2.30. The molecule has 0 saturated heterocycles. The molecule has 2 unspecified atom stereocenters. The number of hydrogen-bond donors (Lipinski definition) is 1. The van der Waals surface area contributed by atoms with Crippen LogP contribution in [0.2, 0.25) is 0 Å². The van der Waals surface area contributed by atoms with Gasteiger partial charge in [-0.25, -0.2) is 9.36 Å². The van der Waals surface area contributed by atoms with Crippen molar-refractivity contribution in [1.82, 2.24) is 5.32 Å². The van der Waals surface area contributed by atoms with Gasteiger partial charge in [0.05, 0.1) is 0 Å². The van der Waals surface area contributed by atoms with Crippen LogP contribution in [0, 0.1) is 5.92 Å². The topological polar surface area (TPSA) is 73.9 Å². The summed E-state index contributed by atoms with van der Waals surface area (Å²) in [5.41, 5.74) is 0.864. The molecule has 0 aromatic heterocycles. The third-order valence-electron chi connectivity index (χ3n) is 3.80. The highest BCUT2D eigenvalue weighted by Gasteiger charge is 2.38. The fourth-order valence-corrected chi connectivity index (χ4v) is 4.29. The lowest BCUT2D eigenvalue weighted by Crippen LogP contribution is -2.37. The minimum absolute atomic E-state index is 0.123. The molecule has 2 atom stereocenters. The quantitative estimate of drug-likeness (QED) is 0.595. The van der Waals surface area contributed by atoms with Crippen LogP contribution in [0.1, 0.15) is 25.8 Å². The second-order valence-electron chi connectivity index (χ2n) is 6.48. The maximum absolute atomic E-state index is 13.3. The lowest BCUT2D eigenvalue weighted by molar-refractivity contribution is 0.135. The van der Waals surface area contributed by atoms with Crippen LogP contribution in [0.25, 0.3) is 0 Å². The van der Waals surface area contributed by atoms with E-state index in [4.69, 9.17) is 13.8 Å². The van der Waals surface area contributed by atoms with E-state index in [-0.39, 0.29) is 12.5 Å². The molecule has 0 radical (unpaired) electrons. The fraction of sp³-hybridized carbons (Fsp3) is 0.350. The predicted octanol–water partition coefficient (Wildman–Crippen LogP) is 5.20. The summed E-state index contributed by atoms with van der Waals surface area (Å²) in [6.45, 7) is 4.05. The van der Waals surface area contributed by atoms with Gasteiger partial charge in [0.15, 0.2) is 0 Å². The molecule has 0 spiro atoms. The Kier molecular flexibility index (Phi) is 7.89. The zero-order valence-corrected chi connectivity index (χ0v) is 16.7. The molecule has 2 aromatic rings. The van der Waals surface area contributed by atoms with Crippen molar-refractivity contribution in [1.29, 1.82) is 0 Å². The molecule has 0 aliphatic heterocycles. The summed E-state index contributed by atoms with van der Waals surface area (Å²) in [6.07, 6.45) is -0.253. The molecule has 6 nitrogen and oxygen atoms in total. The smallest absolute Gasteiger partial charge is 0.408 e. The number of rotatable bonds is 9. The van der Waals surface area contributed by atoms with Crippen LogP contribution in [0.5, 0.6) is 5.75 Å². The third-order valence-corrected chi connectivity index (χ3v) is 5.88. The highest BCUT2D eigenvalue weighted by molar-refractivity contribution is 7.55.